The normalized spacial score (nSPS) is 14.6. The van der Waals surface area contributed by atoms with Crippen molar-refractivity contribution in [3.05, 3.63) is 65.9 Å². The molecular formula is C21H23N3O. The van der Waals surface area contributed by atoms with Crippen LogP contribution in [0.15, 0.2) is 54.6 Å². The number of piperidine rings is 1. The molecule has 2 heterocycles. The van der Waals surface area contributed by atoms with E-state index in [2.05, 4.69) is 33.4 Å². The quantitative estimate of drug-likeness (QED) is 0.755. The van der Waals surface area contributed by atoms with Crippen molar-refractivity contribution < 1.29 is 4.79 Å². The number of aromatic amines is 1. The van der Waals surface area contributed by atoms with Gasteiger partial charge in [-0.25, -0.2) is 0 Å². The fourth-order valence-electron chi connectivity index (χ4n) is 3.58. The maximum Gasteiger partial charge on any atom is 0.253 e. The molecule has 0 saturated carbocycles. The number of benzene rings is 2. The predicted molar refractivity (Wildman–Crippen MR) is 102 cm³/mol. The number of nitrogens with one attached hydrogen (secondary N) is 2. The Balaban J connectivity index is 1.49. The SMILES string of the molecule is O=C(NCc1cc2ccccc2[nH]1)c1ccccc1N1CCCCC1. The molecule has 4 rings (SSSR count). The second-order valence-electron chi connectivity index (χ2n) is 6.63. The van der Waals surface area contributed by atoms with E-state index < -0.39 is 0 Å². The minimum absolute atomic E-state index is 0.0140. The highest BCUT2D eigenvalue weighted by Gasteiger charge is 2.18. The molecule has 4 nitrogen and oxygen atoms in total. The van der Waals surface area contributed by atoms with Gasteiger partial charge in [0, 0.05) is 30.0 Å². The summed E-state index contributed by atoms with van der Waals surface area (Å²) in [7, 11) is 0. The standard InChI is InChI=1S/C21H23N3O/c25-21(22-15-17-14-16-8-2-4-10-19(16)23-17)18-9-3-5-11-20(18)24-12-6-1-7-13-24/h2-5,8-11,14,23H,1,6-7,12-13,15H2,(H,22,25). The predicted octanol–water partition coefficient (Wildman–Crippen LogP) is 4.09. The topological polar surface area (TPSA) is 48.1 Å². The lowest BCUT2D eigenvalue weighted by atomic mass is 10.1. The monoisotopic (exact) mass is 333 g/mol. The summed E-state index contributed by atoms with van der Waals surface area (Å²) in [5.74, 6) is -0.0140. The molecule has 0 aliphatic carbocycles. The van der Waals surface area contributed by atoms with Crippen molar-refractivity contribution in [1.29, 1.82) is 0 Å². The van der Waals surface area contributed by atoms with Crippen molar-refractivity contribution in [1.82, 2.24) is 10.3 Å². The molecule has 3 aromatic rings. The summed E-state index contributed by atoms with van der Waals surface area (Å²) in [5, 5.41) is 4.23. The Hall–Kier alpha value is -2.75. The Kier molecular flexibility index (Phi) is 4.42. The number of carbonyl (C=O) groups excluding carboxylic acids is 1. The molecule has 0 bridgehead atoms. The number of hydrogen-bond acceptors (Lipinski definition) is 2. The molecule has 4 heteroatoms. The molecule has 0 radical (unpaired) electrons. The van der Waals surface area contributed by atoms with E-state index in [-0.39, 0.29) is 5.91 Å². The molecule has 25 heavy (non-hydrogen) atoms. The number of hydrogen-bond donors (Lipinski definition) is 2. The first kappa shape index (κ1) is 15.8. The van der Waals surface area contributed by atoms with Crippen LogP contribution in [-0.4, -0.2) is 24.0 Å². The van der Waals surface area contributed by atoms with Crippen LogP contribution in [0.4, 0.5) is 5.69 Å². The third-order valence-corrected chi connectivity index (χ3v) is 4.87. The number of H-pyrrole nitrogens is 1. The van der Waals surface area contributed by atoms with Gasteiger partial charge in [0.25, 0.3) is 5.91 Å². The lowest BCUT2D eigenvalue weighted by Crippen LogP contribution is -2.32. The summed E-state index contributed by atoms with van der Waals surface area (Å²) in [4.78, 5) is 18.4. The summed E-state index contributed by atoms with van der Waals surface area (Å²) in [6.45, 7) is 2.57. The third-order valence-electron chi connectivity index (χ3n) is 4.87. The molecule has 1 aliphatic heterocycles. The van der Waals surface area contributed by atoms with Crippen molar-refractivity contribution >= 4 is 22.5 Å². The van der Waals surface area contributed by atoms with Crippen molar-refractivity contribution in [2.45, 2.75) is 25.8 Å². The lowest BCUT2D eigenvalue weighted by molar-refractivity contribution is 0.0951. The Labute approximate surface area is 147 Å². The molecular weight excluding hydrogens is 310 g/mol. The maximum absolute atomic E-state index is 12.7. The molecule has 1 aliphatic rings. The first-order valence-corrected chi connectivity index (χ1v) is 9.00. The van der Waals surface area contributed by atoms with Gasteiger partial charge in [0.1, 0.15) is 0 Å². The number of anilines is 1. The highest BCUT2D eigenvalue weighted by Crippen LogP contribution is 2.24. The van der Waals surface area contributed by atoms with Crippen LogP contribution in [0.25, 0.3) is 10.9 Å². The first-order valence-electron chi connectivity index (χ1n) is 9.00. The Morgan fingerprint density at radius 3 is 2.60 bits per heavy atom. The zero-order chi connectivity index (χ0) is 17.1. The van der Waals surface area contributed by atoms with Crippen molar-refractivity contribution in [3.63, 3.8) is 0 Å². The van der Waals surface area contributed by atoms with E-state index in [1.165, 1.54) is 24.6 Å². The summed E-state index contributed by atoms with van der Waals surface area (Å²) in [6, 6.07) is 18.2. The molecule has 128 valence electrons. The zero-order valence-corrected chi connectivity index (χ0v) is 14.3. The molecule has 1 saturated heterocycles. The average Bonchev–Trinajstić information content (AvgIpc) is 3.10. The van der Waals surface area contributed by atoms with Crippen LogP contribution in [0.5, 0.6) is 0 Å². The van der Waals surface area contributed by atoms with Crippen LogP contribution in [0.1, 0.15) is 35.3 Å². The Morgan fingerprint density at radius 2 is 1.76 bits per heavy atom. The second kappa shape index (κ2) is 7.01. The van der Waals surface area contributed by atoms with Crippen LogP contribution in [-0.2, 0) is 6.54 Å². The Bertz CT molecular complexity index is 844. The van der Waals surface area contributed by atoms with Gasteiger partial charge in [-0.1, -0.05) is 30.3 Å². The summed E-state index contributed by atoms with van der Waals surface area (Å²) in [6.07, 6.45) is 3.68. The third kappa shape index (κ3) is 3.38. The van der Waals surface area contributed by atoms with E-state index >= 15 is 0 Å². The largest absolute Gasteiger partial charge is 0.371 e. The molecule has 1 amide bonds. The van der Waals surface area contributed by atoms with E-state index in [9.17, 15) is 4.79 Å². The molecule has 0 unspecified atom stereocenters. The van der Waals surface area contributed by atoms with Crippen molar-refractivity contribution in [2.24, 2.45) is 0 Å². The van der Waals surface area contributed by atoms with Gasteiger partial charge in [-0.15, -0.1) is 0 Å². The molecule has 1 aromatic heterocycles. The first-order chi connectivity index (χ1) is 12.3. The fourth-order valence-corrected chi connectivity index (χ4v) is 3.58. The maximum atomic E-state index is 12.7. The second-order valence-corrected chi connectivity index (χ2v) is 6.63. The van der Waals surface area contributed by atoms with Crippen molar-refractivity contribution in [3.8, 4) is 0 Å². The van der Waals surface area contributed by atoms with Crippen LogP contribution >= 0.6 is 0 Å². The average molecular weight is 333 g/mol. The number of rotatable bonds is 4. The van der Waals surface area contributed by atoms with Gasteiger partial charge < -0.3 is 15.2 Å². The lowest BCUT2D eigenvalue weighted by Gasteiger charge is -2.30. The number of para-hydroxylation sites is 2. The molecule has 2 aromatic carbocycles. The minimum atomic E-state index is -0.0140. The minimum Gasteiger partial charge on any atom is -0.371 e. The Morgan fingerprint density at radius 1 is 1.00 bits per heavy atom. The van der Waals surface area contributed by atoms with E-state index in [0.717, 1.165) is 35.6 Å². The van der Waals surface area contributed by atoms with Gasteiger partial charge in [0.15, 0.2) is 0 Å². The van der Waals surface area contributed by atoms with E-state index in [0.29, 0.717) is 6.54 Å². The van der Waals surface area contributed by atoms with E-state index in [1.54, 1.807) is 0 Å². The van der Waals surface area contributed by atoms with Gasteiger partial charge in [-0.05, 0) is 48.9 Å². The molecule has 1 fully saturated rings. The molecule has 2 N–H and O–H groups in total. The van der Waals surface area contributed by atoms with Crippen LogP contribution in [0, 0.1) is 0 Å². The van der Waals surface area contributed by atoms with Gasteiger partial charge in [0.05, 0.1) is 12.1 Å². The number of nitrogens with zero attached hydrogens (tertiary/aromatic N) is 1. The number of aromatic nitrogens is 1. The molecule has 0 atom stereocenters. The molecule has 0 spiro atoms. The van der Waals surface area contributed by atoms with Crippen LogP contribution < -0.4 is 10.2 Å². The highest BCUT2D eigenvalue weighted by atomic mass is 16.1. The van der Waals surface area contributed by atoms with E-state index in [1.807, 2.05) is 36.4 Å². The summed E-state index contributed by atoms with van der Waals surface area (Å²) < 4.78 is 0. The highest BCUT2D eigenvalue weighted by molar-refractivity contribution is 5.99. The summed E-state index contributed by atoms with van der Waals surface area (Å²) >= 11 is 0. The number of amides is 1. The van der Waals surface area contributed by atoms with Crippen LogP contribution in [0.2, 0.25) is 0 Å². The fraction of sp³-hybridized carbons (Fsp3) is 0.286. The van der Waals surface area contributed by atoms with Gasteiger partial charge in [-0.3, -0.25) is 4.79 Å². The van der Waals surface area contributed by atoms with Gasteiger partial charge in [-0.2, -0.15) is 0 Å². The summed E-state index contributed by atoms with van der Waals surface area (Å²) in [5.41, 5.74) is 3.93. The van der Waals surface area contributed by atoms with Crippen LogP contribution in [0.3, 0.4) is 0 Å². The van der Waals surface area contributed by atoms with Crippen molar-refractivity contribution in [2.75, 3.05) is 18.0 Å². The number of carbonyl (C=O) groups is 1. The van der Waals surface area contributed by atoms with Gasteiger partial charge >= 0.3 is 0 Å². The van der Waals surface area contributed by atoms with E-state index in [4.69, 9.17) is 0 Å². The number of fused-ring (bicyclic) bond motifs is 1. The smallest absolute Gasteiger partial charge is 0.253 e. The zero-order valence-electron chi connectivity index (χ0n) is 14.3. The van der Waals surface area contributed by atoms with Gasteiger partial charge in [0.2, 0.25) is 0 Å².